The molecule has 2 N–H and O–H groups in total. The summed E-state index contributed by atoms with van der Waals surface area (Å²) in [5.74, 6) is -6.57. The average Bonchev–Trinajstić information content (AvgIpc) is 2.71. The molecule has 0 heterocycles. The van der Waals surface area contributed by atoms with Crippen LogP contribution in [0.5, 0.6) is 11.5 Å². The van der Waals surface area contributed by atoms with E-state index in [-0.39, 0.29) is 35.2 Å². The van der Waals surface area contributed by atoms with Crippen molar-refractivity contribution in [2.45, 2.75) is 6.42 Å². The first-order valence-corrected chi connectivity index (χ1v) is 9.13. The van der Waals surface area contributed by atoms with E-state index in [1.54, 1.807) is 0 Å². The minimum absolute atomic E-state index is 0.0744. The molecule has 2 amide bonds. The molecular weight excluding hydrogens is 444 g/mol. The van der Waals surface area contributed by atoms with Crippen molar-refractivity contribution in [3.05, 3.63) is 70.9 Å². The zero-order valence-corrected chi connectivity index (χ0v) is 16.7. The molecule has 0 spiro atoms. The van der Waals surface area contributed by atoms with Gasteiger partial charge in [0, 0.05) is 36.9 Å². The lowest BCUT2D eigenvalue weighted by molar-refractivity contribution is -0.123. The van der Waals surface area contributed by atoms with E-state index in [1.165, 1.54) is 12.1 Å². The molecule has 0 aliphatic rings. The van der Waals surface area contributed by atoms with Gasteiger partial charge in [0.15, 0.2) is 30.7 Å². The monoisotopic (exact) mass is 460 g/mol. The molecule has 0 aliphatic heterocycles. The van der Waals surface area contributed by atoms with E-state index >= 15 is 0 Å². The molecule has 0 radical (unpaired) electrons. The van der Waals surface area contributed by atoms with Crippen molar-refractivity contribution < 1.29 is 36.6 Å². The zero-order valence-electron chi connectivity index (χ0n) is 15.9. The van der Waals surface area contributed by atoms with E-state index in [9.17, 15) is 27.2 Å². The second kappa shape index (κ2) is 11.2. The predicted molar refractivity (Wildman–Crippen MR) is 104 cm³/mol. The van der Waals surface area contributed by atoms with Gasteiger partial charge in [-0.05, 0) is 12.1 Å². The fraction of sp³-hybridized carbons (Fsp3) is 0.200. The van der Waals surface area contributed by atoms with Crippen LogP contribution in [0.4, 0.5) is 17.6 Å². The van der Waals surface area contributed by atoms with Crippen molar-refractivity contribution >= 4 is 23.4 Å². The van der Waals surface area contributed by atoms with Gasteiger partial charge in [0.2, 0.25) is 0 Å². The molecule has 0 bridgehead atoms. The van der Waals surface area contributed by atoms with E-state index < -0.39 is 48.3 Å². The lowest BCUT2D eigenvalue weighted by atomic mass is 10.3. The second-order valence-corrected chi connectivity index (χ2v) is 6.51. The van der Waals surface area contributed by atoms with Crippen molar-refractivity contribution in [1.82, 2.24) is 10.6 Å². The molecular formula is C20H17ClF4N2O4. The highest BCUT2D eigenvalue weighted by molar-refractivity contribution is 6.30. The van der Waals surface area contributed by atoms with Gasteiger partial charge in [-0.25, -0.2) is 17.6 Å². The van der Waals surface area contributed by atoms with E-state index in [4.69, 9.17) is 21.1 Å². The first-order valence-electron chi connectivity index (χ1n) is 8.75. The first-order chi connectivity index (χ1) is 14.7. The molecule has 0 saturated heterocycles. The van der Waals surface area contributed by atoms with Crippen molar-refractivity contribution in [1.29, 1.82) is 0 Å². The van der Waals surface area contributed by atoms with Gasteiger partial charge in [-0.2, -0.15) is 0 Å². The fourth-order valence-corrected chi connectivity index (χ4v) is 2.30. The van der Waals surface area contributed by atoms with Crippen molar-refractivity contribution in [3.8, 4) is 11.5 Å². The Hall–Kier alpha value is -3.27. The van der Waals surface area contributed by atoms with Crippen LogP contribution in [0, 0.1) is 23.3 Å². The summed E-state index contributed by atoms with van der Waals surface area (Å²) in [6.45, 7) is 2.75. The molecule has 11 heteroatoms. The maximum absolute atomic E-state index is 13.3. The lowest BCUT2D eigenvalue weighted by Crippen LogP contribution is -2.32. The summed E-state index contributed by atoms with van der Waals surface area (Å²) in [6, 6.07) is 4.96. The van der Waals surface area contributed by atoms with E-state index in [2.05, 4.69) is 17.2 Å². The minimum Gasteiger partial charge on any atom is -0.484 e. The summed E-state index contributed by atoms with van der Waals surface area (Å²) in [4.78, 5) is 23.5. The standard InChI is InChI=1S/C20H17ClF4N2O4/c1-11(27-19(29)10-30-12-2-3-14(21)15(22)6-12)4-5-26-18(28)9-31-13-7-16(23)20(25)17(24)8-13/h2-3,6-8H,1,4-5,9-10H2,(H,26,28)(H,27,29). The number of hydrogen-bond donors (Lipinski definition) is 2. The first kappa shape index (κ1) is 24.0. The van der Waals surface area contributed by atoms with Gasteiger partial charge < -0.3 is 20.1 Å². The van der Waals surface area contributed by atoms with Crippen LogP contribution < -0.4 is 20.1 Å². The highest BCUT2D eigenvalue weighted by Gasteiger charge is 2.12. The Bertz CT molecular complexity index is 965. The van der Waals surface area contributed by atoms with Gasteiger partial charge in [0.25, 0.3) is 11.8 Å². The number of nitrogens with one attached hydrogen (secondary N) is 2. The van der Waals surface area contributed by atoms with Gasteiger partial charge in [0.05, 0.1) is 5.02 Å². The molecule has 0 fully saturated rings. The van der Waals surface area contributed by atoms with E-state index in [0.717, 1.165) is 6.07 Å². The number of hydrogen-bond acceptors (Lipinski definition) is 4. The maximum atomic E-state index is 13.3. The Balaban J connectivity index is 1.64. The Morgan fingerprint density at radius 2 is 1.48 bits per heavy atom. The number of halogens is 5. The topological polar surface area (TPSA) is 76.7 Å². The molecule has 31 heavy (non-hydrogen) atoms. The number of carbonyl (C=O) groups excluding carboxylic acids is 2. The third kappa shape index (κ3) is 7.82. The lowest BCUT2D eigenvalue weighted by Gasteiger charge is -2.11. The van der Waals surface area contributed by atoms with Crippen LogP contribution in [0.2, 0.25) is 5.02 Å². The SMILES string of the molecule is C=C(CCNC(=O)COc1cc(F)c(F)c(F)c1)NC(=O)COc1ccc(Cl)c(F)c1. The molecule has 166 valence electrons. The van der Waals surface area contributed by atoms with Gasteiger partial charge in [-0.15, -0.1) is 0 Å². The summed E-state index contributed by atoms with van der Waals surface area (Å²) in [5.41, 5.74) is 0.278. The van der Waals surface area contributed by atoms with Crippen molar-refractivity contribution in [2.24, 2.45) is 0 Å². The third-order valence-electron chi connectivity index (χ3n) is 3.65. The van der Waals surface area contributed by atoms with Gasteiger partial charge >= 0.3 is 0 Å². The molecule has 0 unspecified atom stereocenters. The van der Waals surface area contributed by atoms with Crippen LogP contribution in [-0.2, 0) is 9.59 Å². The predicted octanol–water partition coefficient (Wildman–Crippen LogP) is 3.49. The molecule has 6 nitrogen and oxygen atoms in total. The molecule has 2 rings (SSSR count). The van der Waals surface area contributed by atoms with Crippen LogP contribution in [0.15, 0.2) is 42.6 Å². The number of benzene rings is 2. The minimum atomic E-state index is -1.64. The number of amides is 2. The molecule has 0 aromatic heterocycles. The van der Waals surface area contributed by atoms with Gasteiger partial charge in [-0.1, -0.05) is 18.2 Å². The van der Waals surface area contributed by atoms with Gasteiger partial charge in [0.1, 0.15) is 17.3 Å². The maximum Gasteiger partial charge on any atom is 0.262 e. The van der Waals surface area contributed by atoms with E-state index in [1.807, 2.05) is 0 Å². The summed E-state index contributed by atoms with van der Waals surface area (Å²) in [6.07, 6.45) is 0.173. The zero-order chi connectivity index (χ0) is 23.0. The molecule has 2 aromatic rings. The summed E-state index contributed by atoms with van der Waals surface area (Å²) < 4.78 is 62.3. The molecule has 0 atom stereocenters. The number of carbonyl (C=O) groups is 2. The third-order valence-corrected chi connectivity index (χ3v) is 3.96. The molecule has 0 saturated carbocycles. The molecule has 0 aliphatic carbocycles. The Kier molecular flexibility index (Phi) is 8.68. The average molecular weight is 461 g/mol. The molecule has 2 aromatic carbocycles. The summed E-state index contributed by atoms with van der Waals surface area (Å²) in [7, 11) is 0. The van der Waals surface area contributed by atoms with Gasteiger partial charge in [-0.3, -0.25) is 9.59 Å². The van der Waals surface area contributed by atoms with Crippen LogP contribution in [0.25, 0.3) is 0 Å². The smallest absolute Gasteiger partial charge is 0.262 e. The second-order valence-electron chi connectivity index (χ2n) is 6.11. The van der Waals surface area contributed by atoms with E-state index in [0.29, 0.717) is 12.1 Å². The highest BCUT2D eigenvalue weighted by Crippen LogP contribution is 2.20. The van der Waals surface area contributed by atoms with Crippen LogP contribution >= 0.6 is 11.6 Å². The summed E-state index contributed by atoms with van der Waals surface area (Å²) in [5, 5.41) is 4.82. The fourth-order valence-electron chi connectivity index (χ4n) is 2.18. The Labute approximate surface area is 179 Å². The van der Waals surface area contributed by atoms with Crippen molar-refractivity contribution in [2.75, 3.05) is 19.8 Å². The van der Waals surface area contributed by atoms with Crippen molar-refractivity contribution in [3.63, 3.8) is 0 Å². The summed E-state index contributed by atoms with van der Waals surface area (Å²) >= 11 is 5.55. The van der Waals surface area contributed by atoms with Crippen LogP contribution in [-0.4, -0.2) is 31.6 Å². The van der Waals surface area contributed by atoms with Crippen LogP contribution in [0.3, 0.4) is 0 Å². The normalized spacial score (nSPS) is 10.4. The largest absolute Gasteiger partial charge is 0.484 e. The highest BCUT2D eigenvalue weighted by atomic mass is 35.5. The number of rotatable bonds is 10. The Morgan fingerprint density at radius 3 is 2.13 bits per heavy atom. The number of ether oxygens (including phenoxy) is 2. The van der Waals surface area contributed by atoms with Crippen LogP contribution in [0.1, 0.15) is 6.42 Å². The Morgan fingerprint density at radius 1 is 0.903 bits per heavy atom. The quantitative estimate of drug-likeness (QED) is 0.420.